The molecule has 0 bridgehead atoms. The first-order valence-electron chi connectivity index (χ1n) is 4.18. The molecule has 1 unspecified atom stereocenters. The van der Waals surface area contributed by atoms with Crippen molar-refractivity contribution in [2.75, 3.05) is 6.54 Å². The minimum atomic E-state index is 0.00259. The third-order valence-corrected chi connectivity index (χ3v) is 1.85. The Balaban J connectivity index is 2.51. The van der Waals surface area contributed by atoms with E-state index in [1.807, 2.05) is 18.5 Å². The Labute approximate surface area is 81.6 Å². The molecule has 4 N–H and O–H groups in total. The van der Waals surface area contributed by atoms with Crippen molar-refractivity contribution >= 4 is 5.84 Å². The molecule has 0 spiro atoms. The van der Waals surface area contributed by atoms with Gasteiger partial charge >= 0.3 is 0 Å². The fourth-order valence-electron chi connectivity index (χ4n) is 1.07. The van der Waals surface area contributed by atoms with Gasteiger partial charge in [-0.3, -0.25) is 0 Å². The smallest absolute Gasteiger partial charge is 0.153 e. The maximum Gasteiger partial charge on any atom is 0.153 e. The summed E-state index contributed by atoms with van der Waals surface area (Å²) in [7, 11) is 1.86. The number of amidine groups is 1. The van der Waals surface area contributed by atoms with Crippen LogP contribution in [0, 0.1) is 0 Å². The molecule has 0 aliphatic carbocycles. The van der Waals surface area contributed by atoms with E-state index in [1.165, 1.54) is 0 Å². The van der Waals surface area contributed by atoms with E-state index in [0.29, 0.717) is 6.54 Å². The lowest BCUT2D eigenvalue weighted by atomic mass is 10.3. The fraction of sp³-hybridized carbons (Fsp3) is 0.571. The topological polar surface area (TPSA) is 101 Å². The standard InChI is InChI=1S/C7H14N6O/c1-5(9-3-6(8)12-14)7-11-10-4-13(7)2/h4-5,9,14H,3H2,1-2H3,(H2,8,12). The van der Waals surface area contributed by atoms with Gasteiger partial charge in [-0.05, 0) is 6.92 Å². The number of aromatic nitrogens is 3. The molecule has 0 aliphatic heterocycles. The maximum atomic E-state index is 8.32. The van der Waals surface area contributed by atoms with E-state index in [0.717, 1.165) is 5.82 Å². The SMILES string of the molecule is CC(NCC(N)=NO)c1nncn1C. The molecule has 1 atom stereocenters. The molecule has 7 heteroatoms. The number of hydrogen-bond acceptors (Lipinski definition) is 5. The predicted octanol–water partition coefficient (Wildman–Crippen LogP) is -0.788. The highest BCUT2D eigenvalue weighted by molar-refractivity contribution is 5.81. The van der Waals surface area contributed by atoms with Crippen molar-refractivity contribution in [1.29, 1.82) is 0 Å². The Morgan fingerprint density at radius 2 is 2.57 bits per heavy atom. The molecule has 78 valence electrons. The van der Waals surface area contributed by atoms with Crippen molar-refractivity contribution in [2.24, 2.45) is 17.9 Å². The molecule has 14 heavy (non-hydrogen) atoms. The third-order valence-electron chi connectivity index (χ3n) is 1.85. The Kier molecular flexibility index (Phi) is 3.41. The summed E-state index contributed by atoms with van der Waals surface area (Å²) in [5, 5.41) is 21.9. The van der Waals surface area contributed by atoms with Crippen LogP contribution in [0.5, 0.6) is 0 Å². The van der Waals surface area contributed by atoms with Crippen LogP contribution in [-0.2, 0) is 7.05 Å². The lowest BCUT2D eigenvalue weighted by molar-refractivity contribution is 0.316. The summed E-state index contributed by atoms with van der Waals surface area (Å²) in [4.78, 5) is 0. The van der Waals surface area contributed by atoms with Crippen LogP contribution in [0.1, 0.15) is 18.8 Å². The maximum absolute atomic E-state index is 8.32. The van der Waals surface area contributed by atoms with Gasteiger partial charge in [0.2, 0.25) is 0 Å². The van der Waals surface area contributed by atoms with Gasteiger partial charge in [-0.25, -0.2) is 0 Å². The molecule has 1 rings (SSSR count). The molecule has 1 aromatic rings. The Bertz CT molecular complexity index is 320. The normalized spacial score (nSPS) is 14.3. The molecular weight excluding hydrogens is 184 g/mol. The molecule has 0 amide bonds. The number of nitrogens with two attached hydrogens (primary N) is 1. The third kappa shape index (κ3) is 2.43. The largest absolute Gasteiger partial charge is 0.409 e. The molecular formula is C7H14N6O. The van der Waals surface area contributed by atoms with Crippen LogP contribution < -0.4 is 11.1 Å². The molecule has 7 nitrogen and oxygen atoms in total. The van der Waals surface area contributed by atoms with Crippen molar-refractivity contribution in [3.05, 3.63) is 12.2 Å². The van der Waals surface area contributed by atoms with Crippen LogP contribution in [0.25, 0.3) is 0 Å². The van der Waals surface area contributed by atoms with Gasteiger partial charge in [0.1, 0.15) is 12.2 Å². The van der Waals surface area contributed by atoms with E-state index in [4.69, 9.17) is 10.9 Å². The van der Waals surface area contributed by atoms with E-state index >= 15 is 0 Å². The van der Waals surface area contributed by atoms with Gasteiger partial charge in [0.15, 0.2) is 5.84 Å². The number of aryl methyl sites for hydroxylation is 1. The van der Waals surface area contributed by atoms with Crippen LogP contribution in [0.3, 0.4) is 0 Å². The van der Waals surface area contributed by atoms with Crippen LogP contribution in [0.15, 0.2) is 11.5 Å². The lowest BCUT2D eigenvalue weighted by Gasteiger charge is -2.11. The fourth-order valence-corrected chi connectivity index (χ4v) is 1.07. The summed E-state index contributed by atoms with van der Waals surface area (Å²) in [6, 6.07) is 0.00259. The number of rotatable bonds is 4. The highest BCUT2D eigenvalue weighted by Gasteiger charge is 2.10. The molecule has 1 heterocycles. The molecule has 0 saturated carbocycles. The minimum Gasteiger partial charge on any atom is -0.409 e. The van der Waals surface area contributed by atoms with Crippen molar-refractivity contribution in [2.45, 2.75) is 13.0 Å². The zero-order valence-corrected chi connectivity index (χ0v) is 8.18. The quantitative estimate of drug-likeness (QED) is 0.255. The van der Waals surface area contributed by atoms with Crippen molar-refractivity contribution in [3.8, 4) is 0 Å². The van der Waals surface area contributed by atoms with Crippen LogP contribution in [0.4, 0.5) is 0 Å². The second-order valence-corrected chi connectivity index (χ2v) is 2.99. The van der Waals surface area contributed by atoms with Crippen LogP contribution >= 0.6 is 0 Å². The lowest BCUT2D eigenvalue weighted by Crippen LogP contribution is -2.31. The van der Waals surface area contributed by atoms with Gasteiger partial charge in [0.25, 0.3) is 0 Å². The molecule has 0 aromatic carbocycles. The molecule has 0 radical (unpaired) electrons. The van der Waals surface area contributed by atoms with Crippen molar-refractivity contribution < 1.29 is 5.21 Å². The molecule has 1 aromatic heterocycles. The Hall–Kier alpha value is -1.63. The second kappa shape index (κ2) is 4.56. The van der Waals surface area contributed by atoms with Gasteiger partial charge < -0.3 is 20.8 Å². The predicted molar refractivity (Wildman–Crippen MR) is 50.8 cm³/mol. The van der Waals surface area contributed by atoms with Crippen molar-refractivity contribution in [3.63, 3.8) is 0 Å². The van der Waals surface area contributed by atoms with E-state index in [-0.39, 0.29) is 11.9 Å². The monoisotopic (exact) mass is 198 g/mol. The number of nitrogens with zero attached hydrogens (tertiary/aromatic N) is 4. The zero-order valence-electron chi connectivity index (χ0n) is 8.18. The van der Waals surface area contributed by atoms with Crippen LogP contribution in [0.2, 0.25) is 0 Å². The number of oxime groups is 1. The zero-order chi connectivity index (χ0) is 10.6. The summed E-state index contributed by atoms with van der Waals surface area (Å²) in [6.07, 6.45) is 1.62. The summed E-state index contributed by atoms with van der Waals surface area (Å²) in [6.45, 7) is 2.24. The summed E-state index contributed by atoms with van der Waals surface area (Å²) in [5.74, 6) is 0.940. The Morgan fingerprint density at radius 3 is 3.07 bits per heavy atom. The van der Waals surface area contributed by atoms with Gasteiger partial charge in [0, 0.05) is 7.05 Å². The molecule has 0 saturated heterocycles. The van der Waals surface area contributed by atoms with E-state index in [2.05, 4.69) is 20.7 Å². The number of nitrogens with one attached hydrogen (secondary N) is 1. The molecule has 0 fully saturated rings. The van der Waals surface area contributed by atoms with E-state index in [1.54, 1.807) is 6.33 Å². The summed E-state index contributed by atoms with van der Waals surface area (Å²) in [5.41, 5.74) is 5.31. The van der Waals surface area contributed by atoms with Crippen molar-refractivity contribution in [1.82, 2.24) is 20.1 Å². The summed E-state index contributed by atoms with van der Waals surface area (Å²) < 4.78 is 1.81. The van der Waals surface area contributed by atoms with E-state index in [9.17, 15) is 0 Å². The highest BCUT2D eigenvalue weighted by Crippen LogP contribution is 2.05. The molecule has 0 aliphatic rings. The van der Waals surface area contributed by atoms with Gasteiger partial charge in [0.05, 0.1) is 12.6 Å². The van der Waals surface area contributed by atoms with Gasteiger partial charge in [-0.2, -0.15) is 0 Å². The van der Waals surface area contributed by atoms with Gasteiger partial charge in [-0.1, -0.05) is 5.16 Å². The first kappa shape index (κ1) is 10.5. The number of hydrogen-bond donors (Lipinski definition) is 3. The van der Waals surface area contributed by atoms with E-state index < -0.39 is 0 Å². The second-order valence-electron chi connectivity index (χ2n) is 2.99. The van der Waals surface area contributed by atoms with Crippen LogP contribution in [-0.4, -0.2) is 32.4 Å². The van der Waals surface area contributed by atoms with Gasteiger partial charge in [-0.15, -0.1) is 10.2 Å². The average molecular weight is 198 g/mol. The average Bonchev–Trinajstić information content (AvgIpc) is 2.60. The Morgan fingerprint density at radius 1 is 1.86 bits per heavy atom. The highest BCUT2D eigenvalue weighted by atomic mass is 16.4. The first-order valence-corrected chi connectivity index (χ1v) is 4.18. The minimum absolute atomic E-state index is 0.00259. The summed E-state index contributed by atoms with van der Waals surface area (Å²) >= 11 is 0. The first-order chi connectivity index (χ1) is 6.65.